The molecule has 2 aromatic rings. The summed E-state index contributed by atoms with van der Waals surface area (Å²) >= 11 is 0. The lowest BCUT2D eigenvalue weighted by Crippen LogP contribution is -2.23. The molecule has 0 fully saturated rings. The van der Waals surface area contributed by atoms with Gasteiger partial charge in [0.15, 0.2) is 0 Å². The van der Waals surface area contributed by atoms with Crippen molar-refractivity contribution in [3.8, 4) is 0 Å². The highest BCUT2D eigenvalue weighted by Crippen LogP contribution is 2.36. The minimum atomic E-state index is 0.524. The lowest BCUT2D eigenvalue weighted by atomic mass is 9.91. The zero-order valence-corrected chi connectivity index (χ0v) is 11.6. The standard InChI is InChI=1S/C16H22N2/c1-4-11-8-9-15-13(10-11)12-6-5-7-14(17-2)16(12)18(15)3/h8-10,14,17H,4-7H2,1-3H3. The lowest BCUT2D eigenvalue weighted by Gasteiger charge is -2.24. The Hall–Kier alpha value is -1.28. The molecule has 0 saturated heterocycles. The first-order chi connectivity index (χ1) is 8.76. The van der Waals surface area contributed by atoms with E-state index in [1.807, 2.05) is 0 Å². The van der Waals surface area contributed by atoms with Crippen LogP contribution >= 0.6 is 0 Å². The Labute approximate surface area is 109 Å². The van der Waals surface area contributed by atoms with Crippen LogP contribution in [0, 0.1) is 0 Å². The molecule has 1 aromatic carbocycles. The summed E-state index contributed by atoms with van der Waals surface area (Å²) in [4.78, 5) is 0. The van der Waals surface area contributed by atoms with Gasteiger partial charge < -0.3 is 9.88 Å². The number of hydrogen-bond donors (Lipinski definition) is 1. The van der Waals surface area contributed by atoms with Crippen molar-refractivity contribution in [1.29, 1.82) is 0 Å². The van der Waals surface area contributed by atoms with Gasteiger partial charge >= 0.3 is 0 Å². The molecule has 18 heavy (non-hydrogen) atoms. The number of nitrogens with zero attached hydrogens (tertiary/aromatic N) is 1. The summed E-state index contributed by atoms with van der Waals surface area (Å²) in [5, 5.41) is 4.95. The molecule has 2 heteroatoms. The zero-order valence-electron chi connectivity index (χ0n) is 11.6. The molecule has 2 nitrogen and oxygen atoms in total. The van der Waals surface area contributed by atoms with Crippen LogP contribution in [-0.4, -0.2) is 11.6 Å². The van der Waals surface area contributed by atoms with Crippen LogP contribution in [0.2, 0.25) is 0 Å². The highest BCUT2D eigenvalue weighted by Gasteiger charge is 2.25. The second kappa shape index (κ2) is 4.43. The number of rotatable bonds is 2. The lowest BCUT2D eigenvalue weighted by molar-refractivity contribution is 0.474. The SMILES string of the molecule is CCc1ccc2c(c1)c1c(n2C)C(NC)CCC1. The molecule has 1 unspecified atom stereocenters. The summed E-state index contributed by atoms with van der Waals surface area (Å²) < 4.78 is 2.39. The Bertz CT molecular complexity index is 580. The van der Waals surface area contributed by atoms with Crippen molar-refractivity contribution >= 4 is 10.9 Å². The normalized spacial score (nSPS) is 19.2. The third kappa shape index (κ3) is 1.59. The maximum Gasteiger partial charge on any atom is 0.0483 e. The van der Waals surface area contributed by atoms with E-state index >= 15 is 0 Å². The Morgan fingerprint density at radius 3 is 2.94 bits per heavy atom. The maximum absolute atomic E-state index is 3.47. The predicted octanol–water partition coefficient (Wildman–Crippen LogP) is 3.34. The zero-order chi connectivity index (χ0) is 12.7. The molecule has 1 atom stereocenters. The van der Waals surface area contributed by atoms with Gasteiger partial charge in [-0.15, -0.1) is 0 Å². The van der Waals surface area contributed by atoms with Crippen LogP contribution in [0.1, 0.15) is 42.6 Å². The summed E-state index contributed by atoms with van der Waals surface area (Å²) in [5.41, 5.74) is 5.92. The molecule has 1 aromatic heterocycles. The molecule has 1 aliphatic carbocycles. The van der Waals surface area contributed by atoms with E-state index < -0.39 is 0 Å². The van der Waals surface area contributed by atoms with Gasteiger partial charge in [0.1, 0.15) is 0 Å². The van der Waals surface area contributed by atoms with Crippen molar-refractivity contribution in [2.24, 2.45) is 7.05 Å². The topological polar surface area (TPSA) is 17.0 Å². The van der Waals surface area contributed by atoms with Crippen molar-refractivity contribution in [2.45, 2.75) is 38.6 Å². The van der Waals surface area contributed by atoms with Crippen molar-refractivity contribution in [1.82, 2.24) is 9.88 Å². The van der Waals surface area contributed by atoms with Crippen LogP contribution in [0.5, 0.6) is 0 Å². The van der Waals surface area contributed by atoms with Crippen LogP contribution in [0.25, 0.3) is 10.9 Å². The quantitative estimate of drug-likeness (QED) is 0.854. The Morgan fingerprint density at radius 2 is 2.22 bits per heavy atom. The Kier molecular flexibility index (Phi) is 2.90. The van der Waals surface area contributed by atoms with Gasteiger partial charge in [-0.1, -0.05) is 13.0 Å². The molecule has 96 valence electrons. The predicted molar refractivity (Wildman–Crippen MR) is 77.0 cm³/mol. The van der Waals surface area contributed by atoms with Crippen LogP contribution in [0.15, 0.2) is 18.2 Å². The average molecular weight is 242 g/mol. The van der Waals surface area contributed by atoms with Crippen LogP contribution in [-0.2, 0) is 19.9 Å². The van der Waals surface area contributed by atoms with E-state index in [2.05, 4.69) is 49.1 Å². The van der Waals surface area contributed by atoms with Gasteiger partial charge in [-0.05, 0) is 56.0 Å². The second-order valence-corrected chi connectivity index (χ2v) is 5.36. The summed E-state index contributed by atoms with van der Waals surface area (Å²) in [6, 6.07) is 7.48. The van der Waals surface area contributed by atoms with Gasteiger partial charge in [-0.2, -0.15) is 0 Å². The van der Waals surface area contributed by atoms with E-state index in [9.17, 15) is 0 Å². The van der Waals surface area contributed by atoms with Gasteiger partial charge in [0.2, 0.25) is 0 Å². The third-order valence-electron chi connectivity index (χ3n) is 4.42. The van der Waals surface area contributed by atoms with E-state index in [0.29, 0.717) is 6.04 Å². The first-order valence-electron chi connectivity index (χ1n) is 7.03. The summed E-state index contributed by atoms with van der Waals surface area (Å²) in [7, 11) is 4.29. The number of aryl methyl sites for hydroxylation is 3. The summed E-state index contributed by atoms with van der Waals surface area (Å²) in [6.45, 7) is 2.23. The van der Waals surface area contributed by atoms with Crippen LogP contribution in [0.4, 0.5) is 0 Å². The number of nitrogens with one attached hydrogen (secondary N) is 1. The van der Waals surface area contributed by atoms with Gasteiger partial charge in [-0.25, -0.2) is 0 Å². The molecule has 1 heterocycles. The highest BCUT2D eigenvalue weighted by molar-refractivity contribution is 5.86. The Balaban J connectivity index is 2.28. The second-order valence-electron chi connectivity index (χ2n) is 5.36. The molecule has 1 aliphatic rings. The fourth-order valence-corrected chi connectivity index (χ4v) is 3.42. The van der Waals surface area contributed by atoms with Gasteiger partial charge in [0.05, 0.1) is 0 Å². The summed E-state index contributed by atoms with van der Waals surface area (Å²) in [6.07, 6.45) is 4.91. The van der Waals surface area contributed by atoms with Gasteiger partial charge in [-0.3, -0.25) is 0 Å². The van der Waals surface area contributed by atoms with E-state index in [4.69, 9.17) is 0 Å². The van der Waals surface area contributed by atoms with E-state index in [1.54, 1.807) is 5.56 Å². The molecular formula is C16H22N2. The van der Waals surface area contributed by atoms with Gasteiger partial charge in [0.25, 0.3) is 0 Å². The largest absolute Gasteiger partial charge is 0.346 e. The van der Waals surface area contributed by atoms with Crippen LogP contribution < -0.4 is 5.32 Å². The smallest absolute Gasteiger partial charge is 0.0483 e. The van der Waals surface area contributed by atoms with E-state index in [1.165, 1.54) is 41.4 Å². The molecule has 3 rings (SSSR count). The maximum atomic E-state index is 3.47. The van der Waals surface area contributed by atoms with Crippen LogP contribution in [0.3, 0.4) is 0 Å². The highest BCUT2D eigenvalue weighted by atomic mass is 15.0. The molecule has 0 amide bonds. The molecular weight excluding hydrogens is 220 g/mol. The molecule has 0 bridgehead atoms. The minimum Gasteiger partial charge on any atom is -0.346 e. The number of aromatic nitrogens is 1. The Morgan fingerprint density at radius 1 is 1.39 bits per heavy atom. The fraction of sp³-hybridized carbons (Fsp3) is 0.500. The number of benzene rings is 1. The minimum absolute atomic E-state index is 0.524. The number of hydrogen-bond acceptors (Lipinski definition) is 1. The van der Waals surface area contributed by atoms with Crippen molar-refractivity contribution in [3.05, 3.63) is 35.0 Å². The first-order valence-corrected chi connectivity index (χ1v) is 7.03. The molecule has 0 radical (unpaired) electrons. The van der Waals surface area contributed by atoms with Crippen molar-refractivity contribution in [3.63, 3.8) is 0 Å². The average Bonchev–Trinajstić information content (AvgIpc) is 2.72. The van der Waals surface area contributed by atoms with E-state index in [0.717, 1.165) is 6.42 Å². The number of fused-ring (bicyclic) bond motifs is 3. The van der Waals surface area contributed by atoms with E-state index in [-0.39, 0.29) is 0 Å². The van der Waals surface area contributed by atoms with Gasteiger partial charge in [0, 0.05) is 29.7 Å². The molecule has 0 spiro atoms. The monoisotopic (exact) mass is 242 g/mol. The van der Waals surface area contributed by atoms with Crippen molar-refractivity contribution in [2.75, 3.05) is 7.05 Å². The molecule has 0 saturated carbocycles. The fourth-order valence-electron chi connectivity index (χ4n) is 3.42. The molecule has 0 aliphatic heterocycles. The first kappa shape index (κ1) is 11.8. The summed E-state index contributed by atoms with van der Waals surface area (Å²) in [5.74, 6) is 0. The third-order valence-corrected chi connectivity index (χ3v) is 4.42. The molecule has 1 N–H and O–H groups in total. The van der Waals surface area contributed by atoms with Crippen molar-refractivity contribution < 1.29 is 0 Å².